The van der Waals surface area contributed by atoms with Crippen LogP contribution in [0.2, 0.25) is 0 Å². The molecule has 0 saturated carbocycles. The van der Waals surface area contributed by atoms with Crippen LogP contribution < -0.4 is 0 Å². The van der Waals surface area contributed by atoms with E-state index in [1.165, 1.54) is 53.8 Å². The Morgan fingerprint density at radius 3 is 2.28 bits per heavy atom. The molecule has 3 aromatic rings. The van der Waals surface area contributed by atoms with E-state index in [2.05, 4.69) is 31.1 Å². The molecule has 0 saturated heterocycles. The summed E-state index contributed by atoms with van der Waals surface area (Å²) in [6, 6.07) is 5.12. The zero-order chi connectivity index (χ0) is 18.0. The molecule has 3 rings (SSSR count). The van der Waals surface area contributed by atoms with E-state index < -0.39 is 11.7 Å². The quantitative estimate of drug-likeness (QED) is 0.425. The molecule has 1 atom stereocenters. The maximum absolute atomic E-state index is 15.1. The van der Waals surface area contributed by atoms with Crippen molar-refractivity contribution in [2.75, 3.05) is 0 Å². The normalized spacial score (nSPS) is 13.0. The Kier molecular flexibility index (Phi) is 5.09. The second-order valence-corrected chi connectivity index (χ2v) is 6.84. The fourth-order valence-electron chi connectivity index (χ4n) is 2.19. The van der Waals surface area contributed by atoms with Crippen LogP contribution in [-0.4, -0.2) is 25.5 Å². The number of alkyl halides is 4. The number of thioether (sulfide) groups is 1. The SMILES string of the molecule is FC(c1ccc(SC(F)(F)F)cc1)c1c(Br)cncc1-n1nccn1. The van der Waals surface area contributed by atoms with Gasteiger partial charge in [0.1, 0.15) is 5.69 Å². The topological polar surface area (TPSA) is 43.6 Å². The Hall–Kier alpha value is -1.94. The number of nitrogens with zero attached hydrogens (tertiary/aromatic N) is 4. The first kappa shape index (κ1) is 17.9. The molecule has 1 aromatic carbocycles. The minimum atomic E-state index is -4.39. The van der Waals surface area contributed by atoms with Crippen LogP contribution in [0.3, 0.4) is 0 Å². The summed E-state index contributed by atoms with van der Waals surface area (Å²) < 4.78 is 52.7. The number of hydrogen-bond donors (Lipinski definition) is 0. The van der Waals surface area contributed by atoms with Gasteiger partial charge in [-0.3, -0.25) is 4.98 Å². The zero-order valence-electron chi connectivity index (χ0n) is 12.3. The first-order valence-electron chi connectivity index (χ1n) is 6.85. The van der Waals surface area contributed by atoms with Crippen LogP contribution in [0.1, 0.15) is 17.3 Å². The lowest BCUT2D eigenvalue weighted by Gasteiger charge is -2.15. The van der Waals surface area contributed by atoms with Crippen LogP contribution in [0.25, 0.3) is 5.69 Å². The molecule has 0 bridgehead atoms. The Labute approximate surface area is 152 Å². The van der Waals surface area contributed by atoms with Gasteiger partial charge in [0.05, 0.1) is 18.6 Å². The second-order valence-electron chi connectivity index (χ2n) is 4.85. The number of rotatable bonds is 4. The third kappa shape index (κ3) is 4.18. The van der Waals surface area contributed by atoms with Gasteiger partial charge < -0.3 is 0 Å². The van der Waals surface area contributed by atoms with Crippen LogP contribution in [-0.2, 0) is 0 Å². The average Bonchev–Trinajstić information content (AvgIpc) is 3.07. The molecular weight excluding hydrogens is 424 g/mol. The van der Waals surface area contributed by atoms with E-state index in [-0.39, 0.29) is 27.8 Å². The minimum Gasteiger partial charge on any atom is -0.261 e. The Balaban J connectivity index is 1.95. The summed E-state index contributed by atoms with van der Waals surface area (Å²) in [6.07, 6.45) is 4.15. The predicted molar refractivity (Wildman–Crippen MR) is 88.2 cm³/mol. The first-order valence-corrected chi connectivity index (χ1v) is 8.46. The van der Waals surface area contributed by atoms with Crippen LogP contribution in [0.4, 0.5) is 17.6 Å². The molecule has 2 heterocycles. The molecule has 2 aromatic heterocycles. The molecular formula is C15H9BrF4N4S. The van der Waals surface area contributed by atoms with E-state index in [9.17, 15) is 13.2 Å². The number of pyridine rings is 1. The van der Waals surface area contributed by atoms with Crippen molar-refractivity contribution >= 4 is 27.7 Å². The van der Waals surface area contributed by atoms with Gasteiger partial charge in [-0.1, -0.05) is 12.1 Å². The van der Waals surface area contributed by atoms with E-state index in [0.29, 0.717) is 10.2 Å². The second kappa shape index (κ2) is 7.12. The van der Waals surface area contributed by atoms with Gasteiger partial charge in [-0.25, -0.2) is 4.39 Å². The third-order valence-corrected chi connectivity index (χ3v) is 4.58. The molecule has 25 heavy (non-hydrogen) atoms. The van der Waals surface area contributed by atoms with Crippen LogP contribution in [0.15, 0.2) is 58.4 Å². The van der Waals surface area contributed by atoms with Crippen LogP contribution >= 0.6 is 27.7 Å². The van der Waals surface area contributed by atoms with Gasteiger partial charge in [-0.05, 0) is 45.4 Å². The molecule has 0 amide bonds. The zero-order valence-corrected chi connectivity index (χ0v) is 14.7. The summed E-state index contributed by atoms with van der Waals surface area (Å²) in [5.74, 6) is 0. The van der Waals surface area contributed by atoms with E-state index in [1.54, 1.807) is 0 Å². The van der Waals surface area contributed by atoms with Gasteiger partial charge in [0.2, 0.25) is 0 Å². The Bertz CT molecular complexity index is 853. The van der Waals surface area contributed by atoms with Crippen LogP contribution in [0, 0.1) is 0 Å². The number of benzene rings is 1. The van der Waals surface area contributed by atoms with Crippen molar-refractivity contribution in [1.29, 1.82) is 0 Å². The van der Waals surface area contributed by atoms with Gasteiger partial charge in [-0.2, -0.15) is 23.4 Å². The van der Waals surface area contributed by atoms with Crippen molar-refractivity contribution in [2.45, 2.75) is 16.6 Å². The fraction of sp³-hybridized carbons (Fsp3) is 0.133. The highest BCUT2D eigenvalue weighted by Gasteiger charge is 2.29. The highest BCUT2D eigenvalue weighted by atomic mass is 79.9. The molecule has 1 unspecified atom stereocenters. The van der Waals surface area contributed by atoms with E-state index in [4.69, 9.17) is 0 Å². The minimum absolute atomic E-state index is 0.00814. The number of aromatic nitrogens is 4. The molecule has 4 nitrogen and oxygen atoms in total. The lowest BCUT2D eigenvalue weighted by molar-refractivity contribution is -0.0328. The number of halogens is 5. The molecule has 0 aliphatic rings. The van der Waals surface area contributed by atoms with E-state index >= 15 is 4.39 Å². The Morgan fingerprint density at radius 1 is 1.04 bits per heavy atom. The summed E-state index contributed by atoms with van der Waals surface area (Å²) in [5.41, 5.74) is -3.60. The van der Waals surface area contributed by atoms with Gasteiger partial charge in [0.25, 0.3) is 0 Å². The van der Waals surface area contributed by atoms with Gasteiger partial charge in [-0.15, -0.1) is 4.80 Å². The summed E-state index contributed by atoms with van der Waals surface area (Å²) in [6.45, 7) is 0. The average molecular weight is 433 g/mol. The molecule has 0 N–H and O–H groups in total. The maximum Gasteiger partial charge on any atom is 0.446 e. The van der Waals surface area contributed by atoms with E-state index in [0.717, 1.165) is 0 Å². The molecule has 0 radical (unpaired) electrons. The van der Waals surface area contributed by atoms with Crippen molar-refractivity contribution in [2.24, 2.45) is 0 Å². The van der Waals surface area contributed by atoms with Crippen molar-refractivity contribution in [3.8, 4) is 5.69 Å². The lowest BCUT2D eigenvalue weighted by Crippen LogP contribution is -2.08. The van der Waals surface area contributed by atoms with Crippen molar-refractivity contribution in [1.82, 2.24) is 20.0 Å². The summed E-state index contributed by atoms with van der Waals surface area (Å²) in [5, 5.41) is 7.94. The van der Waals surface area contributed by atoms with Crippen molar-refractivity contribution < 1.29 is 17.6 Å². The molecule has 0 spiro atoms. The Morgan fingerprint density at radius 2 is 1.68 bits per heavy atom. The summed E-state index contributed by atoms with van der Waals surface area (Å²) in [4.78, 5) is 5.21. The van der Waals surface area contributed by atoms with Gasteiger partial charge in [0.15, 0.2) is 6.17 Å². The molecule has 0 fully saturated rings. The first-order chi connectivity index (χ1) is 11.8. The van der Waals surface area contributed by atoms with E-state index in [1.807, 2.05) is 0 Å². The predicted octanol–water partition coefficient (Wildman–Crippen LogP) is 5.10. The smallest absolute Gasteiger partial charge is 0.261 e. The summed E-state index contributed by atoms with van der Waals surface area (Å²) in [7, 11) is 0. The molecule has 0 aliphatic carbocycles. The van der Waals surface area contributed by atoms with Crippen LogP contribution in [0.5, 0.6) is 0 Å². The summed E-state index contributed by atoms with van der Waals surface area (Å²) >= 11 is 3.02. The maximum atomic E-state index is 15.1. The highest BCUT2D eigenvalue weighted by molar-refractivity contribution is 9.10. The fourth-order valence-corrected chi connectivity index (χ4v) is 3.25. The van der Waals surface area contributed by atoms with Crippen molar-refractivity contribution in [3.63, 3.8) is 0 Å². The van der Waals surface area contributed by atoms with Gasteiger partial charge >= 0.3 is 5.51 Å². The highest BCUT2D eigenvalue weighted by Crippen LogP contribution is 2.39. The molecule has 10 heteroatoms. The number of hydrogen-bond acceptors (Lipinski definition) is 4. The third-order valence-electron chi connectivity index (χ3n) is 3.21. The van der Waals surface area contributed by atoms with Crippen molar-refractivity contribution in [3.05, 3.63) is 64.7 Å². The molecule has 0 aliphatic heterocycles. The lowest BCUT2D eigenvalue weighted by atomic mass is 10.0. The molecule has 130 valence electrons. The monoisotopic (exact) mass is 432 g/mol. The van der Waals surface area contributed by atoms with Gasteiger partial charge in [0, 0.05) is 21.1 Å². The standard InChI is InChI=1S/C15H9BrF4N4S/c16-11-7-21-8-12(24-22-5-6-23-24)13(11)14(17)9-1-3-10(4-2-9)25-15(18,19)20/h1-8,14H. The largest absolute Gasteiger partial charge is 0.446 e.